The molecule has 1 atom stereocenters. The highest BCUT2D eigenvalue weighted by Gasteiger charge is 2.12. The fourth-order valence-electron chi connectivity index (χ4n) is 2.46. The Kier molecular flexibility index (Phi) is 5.40. The van der Waals surface area contributed by atoms with Gasteiger partial charge in [-0.25, -0.2) is 0 Å². The van der Waals surface area contributed by atoms with Crippen molar-refractivity contribution in [2.24, 2.45) is 0 Å². The summed E-state index contributed by atoms with van der Waals surface area (Å²) >= 11 is 0. The summed E-state index contributed by atoms with van der Waals surface area (Å²) in [5, 5.41) is 3.21. The lowest BCUT2D eigenvalue weighted by atomic mass is 9.98. The van der Waals surface area contributed by atoms with Gasteiger partial charge in [0.05, 0.1) is 0 Å². The number of aryl methyl sites for hydroxylation is 1. The molecule has 0 fully saturated rings. The second-order valence-corrected chi connectivity index (χ2v) is 5.59. The van der Waals surface area contributed by atoms with Gasteiger partial charge >= 0.3 is 0 Å². The van der Waals surface area contributed by atoms with Crippen LogP contribution < -0.4 is 10.1 Å². The normalized spacial score (nSPS) is 12.2. The summed E-state index contributed by atoms with van der Waals surface area (Å²) in [5.41, 5.74) is 3.72. The van der Waals surface area contributed by atoms with E-state index in [2.05, 4.69) is 62.5 Å². The third-order valence-electron chi connectivity index (χ3n) is 3.87. The second kappa shape index (κ2) is 7.28. The van der Waals surface area contributed by atoms with Crippen LogP contribution in [0.3, 0.4) is 0 Å². The number of hydrogen-bond donors (Lipinski definition) is 1. The molecule has 0 amide bonds. The number of rotatable bonds is 6. The fourth-order valence-corrected chi connectivity index (χ4v) is 2.46. The molecule has 112 valence electrons. The third kappa shape index (κ3) is 3.85. The highest BCUT2D eigenvalue weighted by Crippen LogP contribution is 2.33. The van der Waals surface area contributed by atoms with Gasteiger partial charge in [-0.3, -0.25) is 0 Å². The van der Waals surface area contributed by atoms with Crippen LogP contribution in [0.15, 0.2) is 42.5 Å². The molecular weight excluding hydrogens is 258 g/mol. The molecule has 2 aromatic carbocycles. The first-order valence-corrected chi connectivity index (χ1v) is 7.66. The van der Waals surface area contributed by atoms with E-state index in [0.717, 1.165) is 24.5 Å². The maximum absolute atomic E-state index is 6.23. The van der Waals surface area contributed by atoms with Crippen LogP contribution in [0.5, 0.6) is 11.5 Å². The Morgan fingerprint density at radius 1 is 1.10 bits per heavy atom. The van der Waals surface area contributed by atoms with E-state index in [-0.39, 0.29) is 0 Å². The fraction of sp³-hybridized carbons (Fsp3) is 0.368. The highest BCUT2D eigenvalue weighted by atomic mass is 16.5. The predicted octanol–water partition coefficient (Wildman–Crippen LogP) is 5.02. The topological polar surface area (TPSA) is 21.3 Å². The first kappa shape index (κ1) is 15.6. The van der Waals surface area contributed by atoms with E-state index < -0.39 is 0 Å². The monoisotopic (exact) mass is 283 g/mol. The van der Waals surface area contributed by atoms with Crippen molar-refractivity contribution in [2.45, 2.75) is 39.7 Å². The lowest BCUT2D eigenvalue weighted by molar-refractivity contribution is 0.462. The van der Waals surface area contributed by atoms with E-state index in [9.17, 15) is 0 Å². The molecule has 0 spiro atoms. The third-order valence-corrected chi connectivity index (χ3v) is 3.87. The summed E-state index contributed by atoms with van der Waals surface area (Å²) in [6.07, 6.45) is 1.11. The predicted molar refractivity (Wildman–Crippen MR) is 89.2 cm³/mol. The zero-order valence-electron chi connectivity index (χ0n) is 13.4. The molecule has 0 radical (unpaired) electrons. The lowest BCUT2D eigenvalue weighted by Crippen LogP contribution is -2.07. The number of ether oxygens (including phenoxy) is 1. The van der Waals surface area contributed by atoms with Gasteiger partial charge in [0.25, 0.3) is 0 Å². The van der Waals surface area contributed by atoms with E-state index in [1.165, 1.54) is 16.7 Å². The van der Waals surface area contributed by atoms with Crippen molar-refractivity contribution in [1.82, 2.24) is 5.32 Å². The van der Waals surface area contributed by atoms with Gasteiger partial charge in [-0.15, -0.1) is 0 Å². The molecule has 0 saturated carbocycles. The number of benzene rings is 2. The van der Waals surface area contributed by atoms with Crippen molar-refractivity contribution >= 4 is 0 Å². The van der Waals surface area contributed by atoms with Crippen LogP contribution in [0.1, 0.15) is 42.9 Å². The Morgan fingerprint density at radius 2 is 1.86 bits per heavy atom. The van der Waals surface area contributed by atoms with Crippen LogP contribution >= 0.6 is 0 Å². The molecule has 2 heteroatoms. The molecule has 1 unspecified atom stereocenters. The van der Waals surface area contributed by atoms with E-state index in [1.807, 2.05) is 13.1 Å². The van der Waals surface area contributed by atoms with Crippen molar-refractivity contribution < 1.29 is 4.74 Å². The minimum Gasteiger partial charge on any atom is -0.457 e. The van der Waals surface area contributed by atoms with Crippen molar-refractivity contribution in [1.29, 1.82) is 0 Å². The molecular formula is C19H25NO. The van der Waals surface area contributed by atoms with Gasteiger partial charge in [0, 0.05) is 12.1 Å². The first-order chi connectivity index (χ1) is 10.2. The molecule has 2 aromatic rings. The molecule has 0 aliphatic rings. The molecule has 2 rings (SSSR count). The van der Waals surface area contributed by atoms with Crippen molar-refractivity contribution in [3.63, 3.8) is 0 Å². The molecule has 0 aliphatic heterocycles. The summed E-state index contributed by atoms with van der Waals surface area (Å²) in [6, 6.07) is 14.7. The van der Waals surface area contributed by atoms with Crippen LogP contribution in [0.4, 0.5) is 0 Å². The smallest absolute Gasteiger partial charge is 0.131 e. The summed E-state index contributed by atoms with van der Waals surface area (Å²) in [5.74, 6) is 2.40. The highest BCUT2D eigenvalue weighted by molar-refractivity contribution is 5.43. The molecule has 0 saturated heterocycles. The number of nitrogens with one attached hydrogen (secondary N) is 1. The zero-order chi connectivity index (χ0) is 15.2. The van der Waals surface area contributed by atoms with Gasteiger partial charge < -0.3 is 10.1 Å². The second-order valence-electron chi connectivity index (χ2n) is 5.59. The number of hydrogen-bond acceptors (Lipinski definition) is 2. The standard InChI is InChI=1S/C19H25NO/c1-5-15(3)17-8-6-7-9-19(17)21-18-11-10-14(2)12-16(18)13-20-4/h6-12,15,20H,5,13H2,1-4H3. The van der Waals surface area contributed by atoms with Gasteiger partial charge in [0.2, 0.25) is 0 Å². The summed E-state index contributed by atoms with van der Waals surface area (Å²) in [7, 11) is 1.96. The van der Waals surface area contributed by atoms with Gasteiger partial charge in [0.1, 0.15) is 11.5 Å². The van der Waals surface area contributed by atoms with Crippen LogP contribution in [-0.4, -0.2) is 7.05 Å². The van der Waals surface area contributed by atoms with Crippen molar-refractivity contribution in [3.05, 3.63) is 59.2 Å². The molecule has 0 aliphatic carbocycles. The van der Waals surface area contributed by atoms with Gasteiger partial charge in [0.15, 0.2) is 0 Å². The van der Waals surface area contributed by atoms with Crippen LogP contribution in [0.25, 0.3) is 0 Å². The summed E-state index contributed by atoms with van der Waals surface area (Å²) in [4.78, 5) is 0. The van der Waals surface area contributed by atoms with Crippen LogP contribution in [-0.2, 0) is 6.54 Å². The minimum absolute atomic E-state index is 0.499. The zero-order valence-corrected chi connectivity index (χ0v) is 13.4. The molecule has 0 heterocycles. The summed E-state index contributed by atoms with van der Waals surface area (Å²) < 4.78 is 6.23. The van der Waals surface area contributed by atoms with Crippen molar-refractivity contribution in [3.8, 4) is 11.5 Å². The van der Waals surface area contributed by atoms with Gasteiger partial charge in [-0.2, -0.15) is 0 Å². The Bertz CT molecular complexity index is 592. The average molecular weight is 283 g/mol. The Labute approximate surface area is 128 Å². The SMILES string of the molecule is CCC(C)c1ccccc1Oc1ccc(C)cc1CNC. The molecule has 1 N–H and O–H groups in total. The van der Waals surface area contributed by atoms with Gasteiger partial charge in [-0.1, -0.05) is 49.7 Å². The average Bonchev–Trinajstić information content (AvgIpc) is 2.50. The largest absolute Gasteiger partial charge is 0.457 e. The lowest BCUT2D eigenvalue weighted by Gasteiger charge is -2.17. The molecule has 2 nitrogen and oxygen atoms in total. The molecule has 0 aromatic heterocycles. The number of para-hydroxylation sites is 1. The van der Waals surface area contributed by atoms with E-state index in [0.29, 0.717) is 5.92 Å². The quantitative estimate of drug-likeness (QED) is 0.803. The maximum atomic E-state index is 6.23. The first-order valence-electron chi connectivity index (χ1n) is 7.66. The van der Waals surface area contributed by atoms with Crippen molar-refractivity contribution in [2.75, 3.05) is 7.05 Å². The molecule has 21 heavy (non-hydrogen) atoms. The molecule has 0 bridgehead atoms. The Balaban J connectivity index is 2.34. The summed E-state index contributed by atoms with van der Waals surface area (Å²) in [6.45, 7) is 7.37. The Morgan fingerprint density at radius 3 is 2.57 bits per heavy atom. The van der Waals surface area contributed by atoms with Gasteiger partial charge in [-0.05, 0) is 44.0 Å². The minimum atomic E-state index is 0.499. The van der Waals surface area contributed by atoms with E-state index in [1.54, 1.807) is 0 Å². The maximum Gasteiger partial charge on any atom is 0.131 e. The van der Waals surface area contributed by atoms with E-state index >= 15 is 0 Å². The van der Waals surface area contributed by atoms with E-state index in [4.69, 9.17) is 4.74 Å². The van der Waals surface area contributed by atoms with Crippen LogP contribution in [0, 0.1) is 6.92 Å². The Hall–Kier alpha value is -1.80. The van der Waals surface area contributed by atoms with Crippen LogP contribution in [0.2, 0.25) is 0 Å².